The Bertz CT molecular complexity index is 975. The smallest absolute Gasteiger partial charge is 0.246 e. The summed E-state index contributed by atoms with van der Waals surface area (Å²) in [5.74, 6) is 2.09. The number of ether oxygens (including phenoxy) is 1. The lowest BCUT2D eigenvalue weighted by atomic mass is 10.00. The van der Waals surface area contributed by atoms with Crippen molar-refractivity contribution in [1.29, 1.82) is 0 Å². The summed E-state index contributed by atoms with van der Waals surface area (Å²) in [7, 11) is 1.65. The fraction of sp³-hybridized carbons (Fsp3) is 0.227. The summed E-state index contributed by atoms with van der Waals surface area (Å²) in [4.78, 5) is 18.5. The van der Waals surface area contributed by atoms with Gasteiger partial charge in [-0.3, -0.25) is 4.79 Å². The normalized spacial score (nSPS) is 14.2. The number of carbonyl (C=O) groups excluding carboxylic acids is 1. The summed E-state index contributed by atoms with van der Waals surface area (Å²) in [6.07, 6.45) is 3.98. The number of hydrogen-bond donors (Lipinski definition) is 0. The Morgan fingerprint density at radius 2 is 1.93 bits per heavy atom. The van der Waals surface area contributed by atoms with Crippen molar-refractivity contribution in [2.45, 2.75) is 12.3 Å². The Balaban J connectivity index is 1.33. The third-order valence-corrected chi connectivity index (χ3v) is 4.79. The first-order chi connectivity index (χ1) is 13.7. The molecule has 1 aromatic heterocycles. The largest absolute Gasteiger partial charge is 0.496 e. The molecule has 3 aromatic rings. The van der Waals surface area contributed by atoms with Crippen molar-refractivity contribution in [3.05, 3.63) is 83.5 Å². The van der Waals surface area contributed by atoms with Crippen molar-refractivity contribution in [3.63, 3.8) is 0 Å². The Kier molecular flexibility index (Phi) is 5.19. The molecule has 142 valence electrons. The predicted molar refractivity (Wildman–Crippen MR) is 105 cm³/mol. The van der Waals surface area contributed by atoms with Crippen molar-refractivity contribution < 1.29 is 14.1 Å². The van der Waals surface area contributed by atoms with Gasteiger partial charge in [-0.25, -0.2) is 0 Å². The van der Waals surface area contributed by atoms with Crippen LogP contribution in [0, 0.1) is 0 Å². The maximum Gasteiger partial charge on any atom is 0.246 e. The van der Waals surface area contributed by atoms with Crippen LogP contribution in [0.5, 0.6) is 5.75 Å². The second-order valence-corrected chi connectivity index (χ2v) is 6.72. The first kappa shape index (κ1) is 18.0. The van der Waals surface area contributed by atoms with Crippen LogP contribution in [0.3, 0.4) is 0 Å². The Morgan fingerprint density at radius 3 is 2.71 bits per heavy atom. The summed E-state index contributed by atoms with van der Waals surface area (Å²) < 4.78 is 10.8. The van der Waals surface area contributed by atoms with E-state index < -0.39 is 0 Å². The number of hydrogen-bond acceptors (Lipinski definition) is 5. The summed E-state index contributed by atoms with van der Waals surface area (Å²) in [6.45, 7) is 1.18. The monoisotopic (exact) mass is 375 g/mol. The summed E-state index contributed by atoms with van der Waals surface area (Å²) in [5, 5.41) is 4.08. The van der Waals surface area contributed by atoms with Gasteiger partial charge in [-0.1, -0.05) is 53.7 Å². The molecule has 1 fully saturated rings. The van der Waals surface area contributed by atoms with Crippen molar-refractivity contribution >= 4 is 12.0 Å². The van der Waals surface area contributed by atoms with E-state index in [1.54, 1.807) is 18.1 Å². The Morgan fingerprint density at radius 1 is 1.18 bits per heavy atom. The van der Waals surface area contributed by atoms with Gasteiger partial charge in [-0.15, -0.1) is 0 Å². The van der Waals surface area contributed by atoms with Crippen molar-refractivity contribution in [2.24, 2.45) is 0 Å². The van der Waals surface area contributed by atoms with Crippen LogP contribution in [0.25, 0.3) is 6.08 Å². The lowest BCUT2D eigenvalue weighted by Crippen LogP contribution is -2.47. The zero-order valence-electron chi connectivity index (χ0n) is 15.6. The molecule has 28 heavy (non-hydrogen) atoms. The molecule has 1 amide bonds. The molecule has 0 atom stereocenters. The van der Waals surface area contributed by atoms with Gasteiger partial charge < -0.3 is 14.2 Å². The Labute approximate surface area is 163 Å². The van der Waals surface area contributed by atoms with Crippen LogP contribution >= 0.6 is 0 Å². The van der Waals surface area contributed by atoms with Gasteiger partial charge in [0.1, 0.15) is 5.75 Å². The van der Waals surface area contributed by atoms with Gasteiger partial charge in [-0.2, -0.15) is 4.98 Å². The first-order valence-electron chi connectivity index (χ1n) is 9.19. The van der Waals surface area contributed by atoms with Crippen LogP contribution in [0.1, 0.15) is 28.8 Å². The van der Waals surface area contributed by atoms with Gasteiger partial charge >= 0.3 is 0 Å². The van der Waals surface area contributed by atoms with Crippen LogP contribution in [0.4, 0.5) is 0 Å². The lowest BCUT2D eigenvalue weighted by Gasteiger charge is -2.36. The number of amides is 1. The minimum atomic E-state index is -0.00568. The van der Waals surface area contributed by atoms with Gasteiger partial charge in [0.15, 0.2) is 5.82 Å². The number of para-hydroxylation sites is 1. The molecule has 6 nitrogen and oxygen atoms in total. The van der Waals surface area contributed by atoms with Crippen LogP contribution in [-0.2, 0) is 11.2 Å². The average molecular weight is 375 g/mol. The molecule has 4 rings (SSSR count). The van der Waals surface area contributed by atoms with Gasteiger partial charge in [0.05, 0.1) is 13.0 Å². The molecule has 0 N–H and O–H groups in total. The van der Waals surface area contributed by atoms with Crippen LogP contribution < -0.4 is 4.74 Å². The number of nitrogens with zero attached hydrogens (tertiary/aromatic N) is 3. The molecule has 1 aliphatic heterocycles. The average Bonchev–Trinajstić information content (AvgIpc) is 3.14. The van der Waals surface area contributed by atoms with Gasteiger partial charge in [0, 0.05) is 31.1 Å². The minimum absolute atomic E-state index is 0.00568. The van der Waals surface area contributed by atoms with E-state index in [-0.39, 0.29) is 11.8 Å². The van der Waals surface area contributed by atoms with E-state index in [2.05, 4.69) is 10.1 Å². The third kappa shape index (κ3) is 3.96. The maximum absolute atomic E-state index is 12.3. The number of rotatable bonds is 6. The molecular formula is C22H21N3O3. The molecule has 0 saturated carbocycles. The van der Waals surface area contributed by atoms with E-state index in [9.17, 15) is 4.79 Å². The highest BCUT2D eigenvalue weighted by Gasteiger charge is 2.34. The van der Waals surface area contributed by atoms with E-state index in [0.717, 1.165) is 16.9 Å². The minimum Gasteiger partial charge on any atom is -0.496 e. The molecule has 6 heteroatoms. The quantitative estimate of drug-likeness (QED) is 0.618. The summed E-state index contributed by atoms with van der Waals surface area (Å²) in [5.41, 5.74) is 2.01. The molecular weight excluding hydrogens is 354 g/mol. The Hall–Kier alpha value is -3.41. The standard InChI is InChI=1S/C22H21N3O3/c1-27-19-10-6-5-9-17(19)13-20-23-22(28-24-20)18-14-25(15-18)21(26)12-11-16-7-3-2-4-8-16/h2-12,18H,13-15H2,1H3/b12-11+. The van der Waals surface area contributed by atoms with Crippen LogP contribution in [0.2, 0.25) is 0 Å². The molecule has 1 saturated heterocycles. The summed E-state index contributed by atoms with van der Waals surface area (Å²) in [6, 6.07) is 17.5. The van der Waals surface area contributed by atoms with Crippen LogP contribution in [0.15, 0.2) is 65.2 Å². The number of likely N-dealkylation sites (tertiary alicyclic amines) is 1. The van der Waals surface area contributed by atoms with Gasteiger partial charge in [0.2, 0.25) is 11.8 Å². The van der Waals surface area contributed by atoms with Crippen LogP contribution in [-0.4, -0.2) is 41.1 Å². The number of benzene rings is 2. The second kappa shape index (κ2) is 8.08. The number of carbonyl (C=O) groups is 1. The predicted octanol–water partition coefficient (Wildman–Crippen LogP) is 3.31. The van der Waals surface area contributed by atoms with E-state index in [4.69, 9.17) is 9.26 Å². The summed E-state index contributed by atoms with van der Waals surface area (Å²) >= 11 is 0. The molecule has 0 spiro atoms. The zero-order chi connectivity index (χ0) is 19.3. The van der Waals surface area contributed by atoms with Crippen molar-refractivity contribution in [1.82, 2.24) is 15.0 Å². The van der Waals surface area contributed by atoms with Crippen molar-refractivity contribution in [2.75, 3.05) is 20.2 Å². The third-order valence-electron chi connectivity index (χ3n) is 4.79. The van der Waals surface area contributed by atoms with E-state index in [0.29, 0.717) is 31.2 Å². The first-order valence-corrected chi connectivity index (χ1v) is 9.19. The number of aromatic nitrogens is 2. The lowest BCUT2D eigenvalue weighted by molar-refractivity contribution is -0.130. The zero-order valence-corrected chi connectivity index (χ0v) is 15.6. The molecule has 0 bridgehead atoms. The van der Waals surface area contributed by atoms with Crippen molar-refractivity contribution in [3.8, 4) is 5.75 Å². The van der Waals surface area contributed by atoms with E-state index >= 15 is 0 Å². The highest BCUT2D eigenvalue weighted by molar-refractivity contribution is 5.92. The topological polar surface area (TPSA) is 68.5 Å². The van der Waals surface area contributed by atoms with E-state index in [1.165, 1.54) is 0 Å². The fourth-order valence-corrected chi connectivity index (χ4v) is 3.18. The second-order valence-electron chi connectivity index (χ2n) is 6.72. The highest BCUT2D eigenvalue weighted by atomic mass is 16.5. The molecule has 0 aliphatic carbocycles. The number of methoxy groups -OCH3 is 1. The maximum atomic E-state index is 12.3. The van der Waals surface area contributed by atoms with Gasteiger partial charge in [0.25, 0.3) is 0 Å². The molecule has 0 unspecified atom stereocenters. The van der Waals surface area contributed by atoms with Gasteiger partial charge in [-0.05, 0) is 17.7 Å². The fourth-order valence-electron chi connectivity index (χ4n) is 3.18. The molecule has 0 radical (unpaired) electrons. The molecule has 1 aliphatic rings. The molecule has 2 heterocycles. The highest BCUT2D eigenvalue weighted by Crippen LogP contribution is 2.27. The van der Waals surface area contributed by atoms with E-state index in [1.807, 2.05) is 60.7 Å². The molecule has 2 aromatic carbocycles. The SMILES string of the molecule is COc1ccccc1Cc1noc(C2CN(C(=O)/C=C/c3ccccc3)C2)n1.